The zero-order valence-corrected chi connectivity index (χ0v) is 16.6. The average molecular weight is 372 g/mol. The highest BCUT2D eigenvalue weighted by Gasteiger charge is 2.17. The molecule has 1 heterocycles. The third-order valence-electron chi connectivity index (χ3n) is 5.64. The topological polar surface area (TPSA) is 56.3 Å². The molecular formula is C24H24N2O2. The molecule has 0 radical (unpaired) electrons. The lowest BCUT2D eigenvalue weighted by molar-refractivity contribution is 0.321. The Kier molecular flexibility index (Phi) is 4.44. The summed E-state index contributed by atoms with van der Waals surface area (Å²) in [6.45, 7) is 4.06. The summed E-state index contributed by atoms with van der Waals surface area (Å²) in [4.78, 5) is 17.7. The fraction of sp³-hybridized carbons (Fsp3) is 0.208. The maximum Gasteiger partial charge on any atom is 0.256 e. The first-order valence-corrected chi connectivity index (χ1v) is 9.42. The Hall–Kier alpha value is -3.11. The number of H-pyrrole nitrogens is 1. The smallest absolute Gasteiger partial charge is 0.256 e. The number of nitrogens with one attached hydrogen (secondary N) is 1. The zero-order chi connectivity index (χ0) is 20.0. The Morgan fingerprint density at radius 1 is 1.00 bits per heavy atom. The van der Waals surface area contributed by atoms with Crippen molar-refractivity contribution in [1.82, 2.24) is 9.88 Å². The number of fused-ring (bicyclic) bond motifs is 3. The number of aryl methyl sites for hydroxylation is 1. The highest BCUT2D eigenvalue weighted by atomic mass is 16.3. The second kappa shape index (κ2) is 6.80. The molecule has 0 saturated heterocycles. The van der Waals surface area contributed by atoms with Crippen LogP contribution in [0.4, 0.5) is 0 Å². The molecule has 0 aliphatic rings. The first-order valence-electron chi connectivity index (χ1n) is 9.42. The molecule has 0 fully saturated rings. The number of benzene rings is 3. The number of rotatable bonds is 3. The summed E-state index contributed by atoms with van der Waals surface area (Å²) in [7, 11) is 4.11. The summed E-state index contributed by atoms with van der Waals surface area (Å²) in [6.07, 6.45) is 0. The van der Waals surface area contributed by atoms with Crippen LogP contribution in [0.1, 0.15) is 24.1 Å². The van der Waals surface area contributed by atoms with Crippen molar-refractivity contribution in [2.45, 2.75) is 19.9 Å². The van der Waals surface area contributed by atoms with Crippen LogP contribution in [0.15, 0.2) is 59.4 Å². The third-order valence-corrected chi connectivity index (χ3v) is 5.64. The fourth-order valence-corrected chi connectivity index (χ4v) is 3.83. The molecule has 4 rings (SSSR count). The number of aromatic amines is 1. The van der Waals surface area contributed by atoms with Crippen molar-refractivity contribution in [3.8, 4) is 16.9 Å². The van der Waals surface area contributed by atoms with Crippen LogP contribution in [-0.4, -0.2) is 29.1 Å². The van der Waals surface area contributed by atoms with Gasteiger partial charge >= 0.3 is 0 Å². The molecule has 4 heteroatoms. The molecule has 1 atom stereocenters. The molecular weight excluding hydrogens is 348 g/mol. The number of nitrogens with zero attached hydrogens (tertiary/aromatic N) is 1. The van der Waals surface area contributed by atoms with Gasteiger partial charge < -0.3 is 15.0 Å². The third kappa shape index (κ3) is 2.86. The van der Waals surface area contributed by atoms with E-state index in [1.54, 1.807) is 6.07 Å². The molecule has 0 unspecified atom stereocenters. The molecule has 0 aliphatic carbocycles. The van der Waals surface area contributed by atoms with E-state index in [0.29, 0.717) is 11.4 Å². The van der Waals surface area contributed by atoms with Gasteiger partial charge in [0, 0.05) is 22.4 Å². The van der Waals surface area contributed by atoms with Crippen molar-refractivity contribution in [3.63, 3.8) is 0 Å². The molecule has 0 bridgehead atoms. The van der Waals surface area contributed by atoms with E-state index in [2.05, 4.69) is 43.0 Å². The van der Waals surface area contributed by atoms with Gasteiger partial charge in [-0.3, -0.25) is 4.79 Å². The van der Waals surface area contributed by atoms with Crippen molar-refractivity contribution >= 4 is 21.7 Å². The van der Waals surface area contributed by atoms with Gasteiger partial charge in [-0.25, -0.2) is 0 Å². The van der Waals surface area contributed by atoms with E-state index in [-0.39, 0.29) is 11.3 Å². The Morgan fingerprint density at radius 2 is 1.64 bits per heavy atom. The zero-order valence-electron chi connectivity index (χ0n) is 16.6. The van der Waals surface area contributed by atoms with Crippen LogP contribution < -0.4 is 5.56 Å². The van der Waals surface area contributed by atoms with Crippen LogP contribution in [0.25, 0.3) is 32.8 Å². The Balaban J connectivity index is 2.04. The normalized spacial score (nSPS) is 12.8. The van der Waals surface area contributed by atoms with E-state index < -0.39 is 0 Å². The minimum absolute atomic E-state index is 0.113. The van der Waals surface area contributed by atoms with Crippen LogP contribution in [-0.2, 0) is 0 Å². The monoisotopic (exact) mass is 372 g/mol. The molecule has 0 saturated carbocycles. The highest BCUT2D eigenvalue weighted by Crippen LogP contribution is 2.40. The van der Waals surface area contributed by atoms with Gasteiger partial charge in [-0.2, -0.15) is 0 Å². The first kappa shape index (κ1) is 18.3. The second-order valence-electron chi connectivity index (χ2n) is 7.60. The number of phenolic OH excluding ortho intramolecular Hbond substituents is 1. The van der Waals surface area contributed by atoms with Crippen LogP contribution >= 0.6 is 0 Å². The van der Waals surface area contributed by atoms with Gasteiger partial charge in [-0.05, 0) is 62.2 Å². The van der Waals surface area contributed by atoms with Gasteiger partial charge in [-0.1, -0.05) is 42.5 Å². The first-order chi connectivity index (χ1) is 13.4. The van der Waals surface area contributed by atoms with Crippen molar-refractivity contribution in [2.24, 2.45) is 0 Å². The lowest BCUT2D eigenvalue weighted by Gasteiger charge is -2.20. The molecule has 3 aromatic carbocycles. The summed E-state index contributed by atoms with van der Waals surface area (Å²) in [5.74, 6) is 0.218. The predicted octanol–water partition coefficient (Wildman–Crippen LogP) is 4.98. The Morgan fingerprint density at radius 3 is 2.29 bits per heavy atom. The van der Waals surface area contributed by atoms with Gasteiger partial charge in [0.05, 0.1) is 5.52 Å². The fourth-order valence-electron chi connectivity index (χ4n) is 3.83. The van der Waals surface area contributed by atoms with E-state index >= 15 is 0 Å². The van der Waals surface area contributed by atoms with Gasteiger partial charge in [0.1, 0.15) is 5.75 Å². The maximum atomic E-state index is 12.5. The molecule has 142 valence electrons. The van der Waals surface area contributed by atoms with Crippen LogP contribution in [0, 0.1) is 6.92 Å². The van der Waals surface area contributed by atoms with Crippen molar-refractivity contribution in [2.75, 3.05) is 14.1 Å². The van der Waals surface area contributed by atoms with Crippen LogP contribution in [0.5, 0.6) is 5.75 Å². The number of phenols is 1. The van der Waals surface area contributed by atoms with E-state index in [4.69, 9.17) is 0 Å². The molecule has 4 aromatic rings. The SMILES string of the molecule is Cc1cc(O)c(-c2ccc([C@@H](C)N(C)C)cc2)c2c1[nH]c(=O)c1ccccc12. The van der Waals surface area contributed by atoms with Gasteiger partial charge in [-0.15, -0.1) is 0 Å². The van der Waals surface area contributed by atoms with Gasteiger partial charge in [0.15, 0.2) is 0 Å². The molecule has 0 aliphatic heterocycles. The van der Waals surface area contributed by atoms with Crippen molar-refractivity contribution < 1.29 is 5.11 Å². The Labute approximate surface area is 164 Å². The lowest BCUT2D eigenvalue weighted by atomic mass is 9.92. The van der Waals surface area contributed by atoms with E-state index in [1.807, 2.05) is 43.3 Å². The molecule has 0 spiro atoms. The number of pyridine rings is 1. The van der Waals surface area contributed by atoms with Gasteiger partial charge in [0.25, 0.3) is 5.56 Å². The highest BCUT2D eigenvalue weighted by molar-refractivity contribution is 6.14. The second-order valence-corrected chi connectivity index (χ2v) is 7.60. The minimum Gasteiger partial charge on any atom is -0.507 e. The molecule has 0 amide bonds. The number of aromatic nitrogens is 1. The van der Waals surface area contributed by atoms with Crippen LogP contribution in [0.2, 0.25) is 0 Å². The summed E-state index contributed by atoms with van der Waals surface area (Å²) in [5.41, 5.74) is 4.38. The standard InChI is InChI=1S/C24H24N2O2/c1-14-13-20(27)21(17-11-9-16(10-12-17)15(2)26(3)4)22-18-7-5-6-8-19(18)24(28)25-23(14)22/h5-13,15,27H,1-4H3,(H,25,28)/t15-/m1/s1. The van der Waals surface area contributed by atoms with Crippen LogP contribution in [0.3, 0.4) is 0 Å². The summed E-state index contributed by atoms with van der Waals surface area (Å²) < 4.78 is 0. The quantitative estimate of drug-likeness (QED) is 0.499. The number of hydrogen-bond acceptors (Lipinski definition) is 3. The molecule has 1 aromatic heterocycles. The number of aromatic hydroxyl groups is 1. The summed E-state index contributed by atoms with van der Waals surface area (Å²) in [5, 5.41) is 13.2. The molecule has 28 heavy (non-hydrogen) atoms. The summed E-state index contributed by atoms with van der Waals surface area (Å²) >= 11 is 0. The summed E-state index contributed by atoms with van der Waals surface area (Å²) in [6, 6.07) is 17.8. The average Bonchev–Trinajstić information content (AvgIpc) is 2.69. The van der Waals surface area contributed by atoms with E-state index in [0.717, 1.165) is 33.0 Å². The maximum absolute atomic E-state index is 12.5. The minimum atomic E-state index is -0.113. The predicted molar refractivity (Wildman–Crippen MR) is 116 cm³/mol. The van der Waals surface area contributed by atoms with E-state index in [1.165, 1.54) is 5.56 Å². The lowest BCUT2D eigenvalue weighted by Crippen LogP contribution is -2.16. The van der Waals surface area contributed by atoms with Gasteiger partial charge in [0.2, 0.25) is 0 Å². The largest absolute Gasteiger partial charge is 0.507 e. The van der Waals surface area contributed by atoms with E-state index in [9.17, 15) is 9.90 Å². The molecule has 2 N–H and O–H groups in total. The van der Waals surface area contributed by atoms with Crippen molar-refractivity contribution in [3.05, 3.63) is 76.1 Å². The molecule has 4 nitrogen and oxygen atoms in total. The number of hydrogen-bond donors (Lipinski definition) is 2. The Bertz CT molecular complexity index is 1240. The van der Waals surface area contributed by atoms with Crippen molar-refractivity contribution in [1.29, 1.82) is 0 Å².